The molecule has 68 valence electrons. The van der Waals surface area contributed by atoms with Crippen LogP contribution in [0.3, 0.4) is 0 Å². The predicted octanol–water partition coefficient (Wildman–Crippen LogP) is 1.92. The number of ketones is 1. The van der Waals surface area contributed by atoms with Gasteiger partial charge in [0.2, 0.25) is 0 Å². The zero-order valence-electron chi connectivity index (χ0n) is 7.58. The van der Waals surface area contributed by atoms with Crippen molar-refractivity contribution in [3.8, 4) is 0 Å². The number of Topliss-reactive ketones (excluding diaryl/α,β-unsaturated/α-hetero) is 1. The summed E-state index contributed by atoms with van der Waals surface area (Å²) >= 11 is 0. The van der Waals surface area contributed by atoms with Crippen LogP contribution < -0.4 is 0 Å². The van der Waals surface area contributed by atoms with Crippen molar-refractivity contribution in [2.24, 2.45) is 5.92 Å². The summed E-state index contributed by atoms with van der Waals surface area (Å²) in [5.41, 5.74) is 0. The van der Waals surface area contributed by atoms with Crippen LogP contribution in [0.25, 0.3) is 0 Å². The SMILES string of the molecule is CC1CC(=O)CC(CC2CC2)O1. The van der Waals surface area contributed by atoms with Crippen LogP contribution in [0.1, 0.15) is 39.0 Å². The van der Waals surface area contributed by atoms with E-state index in [1.807, 2.05) is 6.92 Å². The minimum atomic E-state index is 0.162. The highest BCUT2D eigenvalue weighted by atomic mass is 16.5. The van der Waals surface area contributed by atoms with Gasteiger partial charge in [0, 0.05) is 12.8 Å². The molecule has 0 bridgehead atoms. The van der Waals surface area contributed by atoms with E-state index in [4.69, 9.17) is 4.74 Å². The number of rotatable bonds is 2. The lowest BCUT2D eigenvalue weighted by Crippen LogP contribution is -2.31. The van der Waals surface area contributed by atoms with Crippen LogP contribution in [-0.4, -0.2) is 18.0 Å². The van der Waals surface area contributed by atoms with Crippen LogP contribution in [-0.2, 0) is 9.53 Å². The third kappa shape index (κ3) is 2.07. The van der Waals surface area contributed by atoms with Crippen molar-refractivity contribution in [2.45, 2.75) is 51.2 Å². The molecule has 2 rings (SSSR count). The fraction of sp³-hybridized carbons (Fsp3) is 0.900. The Morgan fingerprint density at radius 3 is 2.75 bits per heavy atom. The van der Waals surface area contributed by atoms with E-state index in [2.05, 4.69) is 0 Å². The highest BCUT2D eigenvalue weighted by Gasteiger charge is 2.31. The van der Waals surface area contributed by atoms with E-state index >= 15 is 0 Å². The zero-order valence-corrected chi connectivity index (χ0v) is 7.58. The summed E-state index contributed by atoms with van der Waals surface area (Å²) < 4.78 is 5.69. The van der Waals surface area contributed by atoms with Crippen LogP contribution in [0.4, 0.5) is 0 Å². The van der Waals surface area contributed by atoms with E-state index in [0.717, 1.165) is 12.3 Å². The molecule has 0 amide bonds. The Hall–Kier alpha value is -0.370. The van der Waals surface area contributed by atoms with E-state index in [9.17, 15) is 4.79 Å². The molecule has 0 aromatic rings. The van der Waals surface area contributed by atoms with Crippen LogP contribution in [0.5, 0.6) is 0 Å². The number of hydrogen-bond donors (Lipinski definition) is 0. The van der Waals surface area contributed by atoms with Crippen molar-refractivity contribution in [1.29, 1.82) is 0 Å². The topological polar surface area (TPSA) is 26.3 Å². The second kappa shape index (κ2) is 3.17. The molecular formula is C10H16O2. The summed E-state index contributed by atoms with van der Waals surface area (Å²) in [5.74, 6) is 1.26. The van der Waals surface area contributed by atoms with Gasteiger partial charge in [0.25, 0.3) is 0 Å². The fourth-order valence-corrected chi connectivity index (χ4v) is 1.95. The molecule has 1 saturated heterocycles. The summed E-state index contributed by atoms with van der Waals surface area (Å²) in [5, 5.41) is 0. The molecule has 2 heteroatoms. The molecule has 0 spiro atoms. The van der Waals surface area contributed by atoms with E-state index < -0.39 is 0 Å². The number of hydrogen-bond acceptors (Lipinski definition) is 2. The summed E-state index contributed by atoms with van der Waals surface area (Å²) in [6, 6.07) is 0. The maximum Gasteiger partial charge on any atom is 0.138 e. The lowest BCUT2D eigenvalue weighted by atomic mass is 10.00. The van der Waals surface area contributed by atoms with Crippen molar-refractivity contribution in [3.05, 3.63) is 0 Å². The summed E-state index contributed by atoms with van der Waals surface area (Å²) in [6.07, 6.45) is 5.52. The molecule has 2 nitrogen and oxygen atoms in total. The van der Waals surface area contributed by atoms with Crippen molar-refractivity contribution >= 4 is 5.78 Å². The van der Waals surface area contributed by atoms with Crippen molar-refractivity contribution in [2.75, 3.05) is 0 Å². The standard InChI is InChI=1S/C10H16O2/c1-7-4-9(11)6-10(12-7)5-8-2-3-8/h7-8,10H,2-6H2,1H3. The highest BCUT2D eigenvalue weighted by Crippen LogP contribution is 2.36. The third-order valence-electron chi connectivity index (χ3n) is 2.69. The first-order chi connectivity index (χ1) is 5.74. The van der Waals surface area contributed by atoms with Gasteiger partial charge in [-0.05, 0) is 19.3 Å². The van der Waals surface area contributed by atoms with Crippen LogP contribution in [0.15, 0.2) is 0 Å². The molecule has 1 heterocycles. The van der Waals surface area contributed by atoms with E-state index in [1.165, 1.54) is 12.8 Å². The fourth-order valence-electron chi connectivity index (χ4n) is 1.95. The Morgan fingerprint density at radius 1 is 1.42 bits per heavy atom. The predicted molar refractivity (Wildman–Crippen MR) is 45.9 cm³/mol. The van der Waals surface area contributed by atoms with E-state index in [-0.39, 0.29) is 12.2 Å². The van der Waals surface area contributed by atoms with E-state index in [1.54, 1.807) is 0 Å². The van der Waals surface area contributed by atoms with Gasteiger partial charge < -0.3 is 4.74 Å². The molecular weight excluding hydrogens is 152 g/mol. The Kier molecular flexibility index (Phi) is 2.18. The first-order valence-corrected chi connectivity index (χ1v) is 4.91. The number of carbonyl (C=O) groups excluding carboxylic acids is 1. The average Bonchev–Trinajstić information content (AvgIpc) is 2.68. The van der Waals surface area contributed by atoms with Gasteiger partial charge in [-0.2, -0.15) is 0 Å². The Labute approximate surface area is 73.3 Å². The second-order valence-electron chi connectivity index (χ2n) is 4.19. The van der Waals surface area contributed by atoms with Gasteiger partial charge in [-0.1, -0.05) is 12.8 Å². The van der Waals surface area contributed by atoms with Crippen molar-refractivity contribution < 1.29 is 9.53 Å². The Bertz CT molecular complexity index is 182. The molecule has 12 heavy (non-hydrogen) atoms. The quantitative estimate of drug-likeness (QED) is 0.629. The van der Waals surface area contributed by atoms with Crippen molar-refractivity contribution in [1.82, 2.24) is 0 Å². The molecule has 0 aromatic carbocycles. The number of ether oxygens (including phenoxy) is 1. The first kappa shape index (κ1) is 8.24. The van der Waals surface area contributed by atoms with E-state index in [0.29, 0.717) is 18.6 Å². The summed E-state index contributed by atoms with van der Waals surface area (Å²) in [6.45, 7) is 2.00. The molecule has 2 atom stereocenters. The van der Waals surface area contributed by atoms with Crippen LogP contribution in [0.2, 0.25) is 0 Å². The molecule has 0 N–H and O–H groups in total. The molecule has 2 unspecified atom stereocenters. The molecule has 1 aliphatic heterocycles. The molecule has 0 radical (unpaired) electrons. The molecule has 2 fully saturated rings. The summed E-state index contributed by atoms with van der Waals surface area (Å²) in [7, 11) is 0. The average molecular weight is 168 g/mol. The maximum atomic E-state index is 11.2. The minimum Gasteiger partial charge on any atom is -0.374 e. The Balaban J connectivity index is 1.83. The zero-order chi connectivity index (χ0) is 8.55. The van der Waals surface area contributed by atoms with Crippen LogP contribution in [0, 0.1) is 5.92 Å². The monoisotopic (exact) mass is 168 g/mol. The molecule has 0 aromatic heterocycles. The Morgan fingerprint density at radius 2 is 2.17 bits per heavy atom. The molecule has 1 saturated carbocycles. The van der Waals surface area contributed by atoms with Gasteiger partial charge in [-0.15, -0.1) is 0 Å². The van der Waals surface area contributed by atoms with Crippen LogP contribution >= 0.6 is 0 Å². The van der Waals surface area contributed by atoms with Gasteiger partial charge in [0.05, 0.1) is 12.2 Å². The molecule has 2 aliphatic rings. The molecule has 1 aliphatic carbocycles. The lowest BCUT2D eigenvalue weighted by molar-refractivity contribution is -0.134. The minimum absolute atomic E-state index is 0.162. The smallest absolute Gasteiger partial charge is 0.138 e. The lowest BCUT2D eigenvalue weighted by Gasteiger charge is -2.26. The highest BCUT2D eigenvalue weighted by molar-refractivity contribution is 5.79. The normalized spacial score (nSPS) is 36.9. The first-order valence-electron chi connectivity index (χ1n) is 4.91. The van der Waals surface area contributed by atoms with Gasteiger partial charge >= 0.3 is 0 Å². The van der Waals surface area contributed by atoms with Crippen molar-refractivity contribution in [3.63, 3.8) is 0 Å². The van der Waals surface area contributed by atoms with Gasteiger partial charge in [-0.3, -0.25) is 4.79 Å². The van der Waals surface area contributed by atoms with Gasteiger partial charge in [0.1, 0.15) is 5.78 Å². The van der Waals surface area contributed by atoms with Gasteiger partial charge in [0.15, 0.2) is 0 Å². The van der Waals surface area contributed by atoms with Gasteiger partial charge in [-0.25, -0.2) is 0 Å². The second-order valence-corrected chi connectivity index (χ2v) is 4.19. The number of carbonyl (C=O) groups is 1. The largest absolute Gasteiger partial charge is 0.374 e. The summed E-state index contributed by atoms with van der Waals surface area (Å²) in [4.78, 5) is 11.2. The third-order valence-corrected chi connectivity index (χ3v) is 2.69. The maximum absolute atomic E-state index is 11.2.